The first-order chi connectivity index (χ1) is 27.6. The molecule has 3 aliphatic rings. The van der Waals surface area contributed by atoms with E-state index in [0.29, 0.717) is 5.82 Å². The molecule has 0 radical (unpaired) electrons. The van der Waals surface area contributed by atoms with Crippen LogP contribution in [0.1, 0.15) is 87.4 Å². The van der Waals surface area contributed by atoms with Crippen LogP contribution in [0.15, 0.2) is 66.9 Å². The van der Waals surface area contributed by atoms with Gasteiger partial charge in [-0.1, -0.05) is 56.6 Å². The molecule has 2 fully saturated rings. The van der Waals surface area contributed by atoms with Crippen molar-refractivity contribution in [3.05, 3.63) is 94.3 Å². The van der Waals surface area contributed by atoms with Crippen molar-refractivity contribution in [2.75, 3.05) is 56.2 Å². The van der Waals surface area contributed by atoms with Gasteiger partial charge in [-0.2, -0.15) is 5.10 Å². The van der Waals surface area contributed by atoms with Gasteiger partial charge in [-0.15, -0.1) is 10.2 Å². The third-order valence-corrected chi connectivity index (χ3v) is 11.2. The molecule has 3 N–H and O–H groups in total. The van der Waals surface area contributed by atoms with Crippen LogP contribution in [-0.2, 0) is 21.4 Å². The number of anilines is 2. The molecule has 57 heavy (non-hydrogen) atoms. The van der Waals surface area contributed by atoms with E-state index in [4.69, 9.17) is 36.1 Å². The maximum Gasteiger partial charge on any atom is 0.320 e. The average Bonchev–Trinajstić information content (AvgIpc) is 3.84. The van der Waals surface area contributed by atoms with Crippen LogP contribution < -0.4 is 20.3 Å². The van der Waals surface area contributed by atoms with Gasteiger partial charge in [-0.3, -0.25) is 19.4 Å². The molecule has 1 aliphatic carbocycles. The van der Waals surface area contributed by atoms with Crippen molar-refractivity contribution >= 4 is 41.5 Å². The Labute approximate surface area is 338 Å². The molecule has 5 aromatic rings. The molecule has 0 unspecified atom stereocenters. The number of hydrogen-bond donors (Lipinski definition) is 3. The van der Waals surface area contributed by atoms with E-state index in [-0.39, 0.29) is 30.1 Å². The van der Waals surface area contributed by atoms with Crippen LogP contribution in [-0.4, -0.2) is 92.8 Å². The number of morpholine rings is 1. The van der Waals surface area contributed by atoms with Gasteiger partial charge in [-0.25, -0.2) is 9.48 Å². The van der Waals surface area contributed by atoms with Gasteiger partial charge < -0.3 is 24.8 Å². The van der Waals surface area contributed by atoms with Gasteiger partial charge in [0.05, 0.1) is 36.8 Å². The second-order valence-electron chi connectivity index (χ2n) is 15.8. The van der Waals surface area contributed by atoms with Crippen molar-refractivity contribution in [3.8, 4) is 11.4 Å². The molecule has 0 bridgehead atoms. The molecule has 0 spiro atoms. The molecule has 2 saturated heterocycles. The fourth-order valence-electron chi connectivity index (χ4n) is 7.76. The molecule has 15 heteroatoms. The van der Waals surface area contributed by atoms with Crippen LogP contribution in [0.25, 0.3) is 11.3 Å². The minimum atomic E-state index is -0.291. The highest BCUT2D eigenvalue weighted by atomic mass is 35.5. The van der Waals surface area contributed by atoms with Gasteiger partial charge in [0, 0.05) is 49.2 Å². The van der Waals surface area contributed by atoms with E-state index in [1.165, 1.54) is 6.42 Å². The summed E-state index contributed by atoms with van der Waals surface area (Å²) in [5, 5.41) is 27.9. The van der Waals surface area contributed by atoms with Gasteiger partial charge in [0.2, 0.25) is 5.95 Å². The number of benzene rings is 2. The first-order valence-electron chi connectivity index (χ1n) is 19.8. The highest BCUT2D eigenvalue weighted by Gasteiger charge is 2.30. The van der Waals surface area contributed by atoms with Gasteiger partial charge in [0.1, 0.15) is 17.7 Å². The molecule has 0 saturated carbocycles. The summed E-state index contributed by atoms with van der Waals surface area (Å²) < 4.78 is 16.0. The molecule has 8 rings (SSSR count). The van der Waals surface area contributed by atoms with Gasteiger partial charge in [-0.05, 0) is 85.5 Å². The Balaban J connectivity index is 0.00000160. The first kappa shape index (κ1) is 40.0. The number of pyridine rings is 1. The lowest BCUT2D eigenvalue weighted by Gasteiger charge is -2.32. The summed E-state index contributed by atoms with van der Waals surface area (Å²) in [5.41, 5.74) is 5.46. The number of fused-ring (bicyclic) bond motifs is 2. The Morgan fingerprint density at radius 2 is 1.74 bits per heavy atom. The number of urea groups is 1. The molecule has 2 aliphatic heterocycles. The largest absolute Gasteiger partial charge is 0.484 e. The van der Waals surface area contributed by atoms with Crippen molar-refractivity contribution in [2.24, 2.45) is 0 Å². The van der Waals surface area contributed by atoms with Gasteiger partial charge >= 0.3 is 6.03 Å². The van der Waals surface area contributed by atoms with Crippen LogP contribution >= 0.6 is 11.6 Å². The standard InChI is InChI=1S/C41H50ClN9O3.CH2O2/c1-41(2,3)36-26-38(51(47-36)29-11-13-33(42)28(25-29)17-20-48-21-23-53-24-22-48)44-39(52)43-34-14-15-35(32-10-6-5-9-31(32)34)54-30-12-16-37-45-46-40(50(37)27-30)49-18-7-4-8-19-49;2-1-3/h5-6,9-13,16,25-27,34-35H,4,7-8,14-15,17-24H2,1-3H3,(H2,43,44,52);1H,(H,2,3)/t34-,35+;/m0./s1. The molecule has 302 valence electrons. The fourth-order valence-corrected chi connectivity index (χ4v) is 7.97. The number of carbonyl (C=O) groups excluding carboxylic acids is 1. The summed E-state index contributed by atoms with van der Waals surface area (Å²) in [6.07, 6.45) is 7.70. The molecular weight excluding hydrogens is 746 g/mol. The molecule has 14 nitrogen and oxygen atoms in total. The fraction of sp³-hybridized carbons (Fsp3) is 0.452. The average molecular weight is 798 g/mol. The number of rotatable bonds is 9. The summed E-state index contributed by atoms with van der Waals surface area (Å²) >= 11 is 6.69. The summed E-state index contributed by atoms with van der Waals surface area (Å²) in [4.78, 5) is 26.9. The number of amides is 2. The highest BCUT2D eigenvalue weighted by molar-refractivity contribution is 6.31. The number of aromatic nitrogens is 5. The zero-order chi connectivity index (χ0) is 39.9. The number of halogens is 1. The summed E-state index contributed by atoms with van der Waals surface area (Å²) in [6.45, 7) is 12.4. The maximum absolute atomic E-state index is 13.8. The van der Waals surface area contributed by atoms with Crippen LogP contribution in [0.5, 0.6) is 5.75 Å². The number of piperidine rings is 1. The number of carboxylic acid groups (broad SMARTS) is 1. The normalized spacial score (nSPS) is 18.6. The monoisotopic (exact) mass is 797 g/mol. The Hall–Kier alpha value is -5.18. The Kier molecular flexibility index (Phi) is 12.6. The molecular formula is C42H52ClN9O5. The number of nitrogens with one attached hydrogen (secondary N) is 2. The van der Waals surface area contributed by atoms with E-state index >= 15 is 0 Å². The number of carbonyl (C=O) groups is 2. The minimum absolute atomic E-state index is 0.159. The van der Waals surface area contributed by atoms with E-state index in [1.54, 1.807) is 0 Å². The zero-order valence-corrected chi connectivity index (χ0v) is 33.6. The molecule has 2 atom stereocenters. The summed E-state index contributed by atoms with van der Waals surface area (Å²) in [7, 11) is 0. The Morgan fingerprint density at radius 3 is 2.49 bits per heavy atom. The van der Waals surface area contributed by atoms with Crippen molar-refractivity contribution in [1.82, 2.24) is 34.6 Å². The minimum Gasteiger partial charge on any atom is -0.484 e. The lowest BCUT2D eigenvalue weighted by molar-refractivity contribution is -0.122. The molecule has 2 amide bonds. The topological polar surface area (TPSA) is 151 Å². The summed E-state index contributed by atoms with van der Waals surface area (Å²) in [5.74, 6) is 2.22. The molecule has 2 aromatic carbocycles. The van der Waals surface area contributed by atoms with Gasteiger partial charge in [0.15, 0.2) is 5.65 Å². The highest BCUT2D eigenvalue weighted by Crippen LogP contribution is 2.39. The predicted molar refractivity (Wildman–Crippen MR) is 220 cm³/mol. The SMILES string of the molecule is CC(C)(C)c1cc(NC(=O)N[C@H]2CC[C@@H](Oc3ccc4nnc(N5CCCCC5)n4c3)c3ccccc32)n(-c2ccc(Cl)c(CCN3CCOCC3)c2)n1.O=CO. The van der Waals surface area contributed by atoms with Crippen LogP contribution in [0.3, 0.4) is 0 Å². The third-order valence-electron chi connectivity index (χ3n) is 10.8. The van der Waals surface area contributed by atoms with Crippen LogP contribution in [0.4, 0.5) is 16.6 Å². The summed E-state index contributed by atoms with van der Waals surface area (Å²) in [6, 6.07) is 19.6. The van der Waals surface area contributed by atoms with Crippen molar-refractivity contribution in [3.63, 3.8) is 0 Å². The van der Waals surface area contributed by atoms with E-state index < -0.39 is 0 Å². The van der Waals surface area contributed by atoms with E-state index in [9.17, 15) is 4.79 Å². The predicted octanol–water partition coefficient (Wildman–Crippen LogP) is 7.21. The Morgan fingerprint density at radius 1 is 0.982 bits per heavy atom. The quantitative estimate of drug-likeness (QED) is 0.131. The lowest BCUT2D eigenvalue weighted by Crippen LogP contribution is -2.37. The maximum atomic E-state index is 13.8. The van der Waals surface area contributed by atoms with Crippen molar-refractivity contribution < 1.29 is 24.2 Å². The van der Waals surface area contributed by atoms with Crippen LogP contribution in [0, 0.1) is 0 Å². The number of nitrogens with zero attached hydrogens (tertiary/aromatic N) is 7. The first-order valence-corrected chi connectivity index (χ1v) is 20.2. The lowest BCUT2D eigenvalue weighted by atomic mass is 9.85. The van der Waals surface area contributed by atoms with E-state index in [1.807, 2.05) is 57.7 Å². The van der Waals surface area contributed by atoms with Crippen molar-refractivity contribution in [1.29, 1.82) is 0 Å². The van der Waals surface area contributed by atoms with E-state index in [2.05, 4.69) is 69.6 Å². The second-order valence-corrected chi connectivity index (χ2v) is 16.2. The molecule has 3 aromatic heterocycles. The number of ether oxygens (including phenoxy) is 2. The van der Waals surface area contributed by atoms with Crippen LogP contribution in [0.2, 0.25) is 5.02 Å². The third kappa shape index (κ3) is 9.52. The van der Waals surface area contributed by atoms with Crippen molar-refractivity contribution in [2.45, 2.75) is 76.9 Å². The zero-order valence-electron chi connectivity index (χ0n) is 32.9. The smallest absolute Gasteiger partial charge is 0.320 e. The second kappa shape index (κ2) is 18.0. The molecule has 5 heterocycles. The number of hydrogen-bond acceptors (Lipinski definition) is 9. The van der Waals surface area contributed by atoms with Gasteiger partial charge in [0.25, 0.3) is 6.47 Å². The Bertz CT molecular complexity index is 2150. The van der Waals surface area contributed by atoms with E-state index in [0.717, 1.165) is 128 Å².